The lowest BCUT2D eigenvalue weighted by molar-refractivity contribution is -0.122. The monoisotopic (exact) mass is 498 g/mol. The van der Waals surface area contributed by atoms with Gasteiger partial charge in [0.15, 0.2) is 11.5 Å². The first-order valence-electron chi connectivity index (χ1n) is 12.2. The number of hydrogen-bond acceptors (Lipinski definition) is 5. The Bertz CT molecular complexity index is 1430. The third-order valence-electron chi connectivity index (χ3n) is 7.15. The SMILES string of the molecule is COc1cc([C@@H]2C(C(=O)Nc3ccccc3F)=C(C)N=C3C[C@H](c4ccccc4)CC(=O)[C@H]32)ccc1O. The summed E-state index contributed by atoms with van der Waals surface area (Å²) in [6, 6.07) is 20.6. The molecule has 37 heavy (non-hydrogen) atoms. The van der Waals surface area contributed by atoms with Gasteiger partial charge in [0.2, 0.25) is 0 Å². The highest BCUT2D eigenvalue weighted by Gasteiger charge is 2.45. The predicted molar refractivity (Wildman–Crippen MR) is 139 cm³/mol. The molecule has 1 aliphatic heterocycles. The Morgan fingerprint density at radius 3 is 2.46 bits per heavy atom. The predicted octanol–water partition coefficient (Wildman–Crippen LogP) is 5.75. The largest absolute Gasteiger partial charge is 0.504 e. The van der Waals surface area contributed by atoms with Crippen LogP contribution in [0.25, 0.3) is 0 Å². The molecule has 3 atom stereocenters. The minimum absolute atomic E-state index is 0.000273. The fraction of sp³-hybridized carbons (Fsp3) is 0.233. The summed E-state index contributed by atoms with van der Waals surface area (Å²) in [5.41, 5.74) is 3.24. The minimum Gasteiger partial charge on any atom is -0.504 e. The Hall–Kier alpha value is -4.26. The number of phenols is 1. The minimum atomic E-state index is -0.669. The highest BCUT2D eigenvalue weighted by atomic mass is 19.1. The third-order valence-corrected chi connectivity index (χ3v) is 7.15. The van der Waals surface area contributed by atoms with Gasteiger partial charge in [0.25, 0.3) is 5.91 Å². The van der Waals surface area contributed by atoms with Gasteiger partial charge in [-0.1, -0.05) is 48.5 Å². The molecule has 188 valence electrons. The molecule has 2 N–H and O–H groups in total. The molecule has 1 fully saturated rings. The molecular formula is C30H27FN2O4. The van der Waals surface area contributed by atoms with Gasteiger partial charge >= 0.3 is 0 Å². The van der Waals surface area contributed by atoms with Crippen molar-refractivity contribution in [3.8, 4) is 11.5 Å². The molecular weight excluding hydrogens is 471 g/mol. The summed E-state index contributed by atoms with van der Waals surface area (Å²) < 4.78 is 19.7. The number of ketones is 1. The number of carbonyl (C=O) groups excluding carboxylic acids is 2. The average Bonchev–Trinajstić information content (AvgIpc) is 2.90. The van der Waals surface area contributed by atoms with Crippen molar-refractivity contribution in [1.29, 1.82) is 0 Å². The summed E-state index contributed by atoms with van der Waals surface area (Å²) in [4.78, 5) is 32.1. The highest BCUT2D eigenvalue weighted by Crippen LogP contribution is 2.47. The third kappa shape index (κ3) is 4.65. The van der Waals surface area contributed by atoms with Crippen LogP contribution in [0.3, 0.4) is 0 Å². The van der Waals surface area contributed by atoms with Crippen LogP contribution in [-0.2, 0) is 9.59 Å². The van der Waals surface area contributed by atoms with Crippen LogP contribution < -0.4 is 10.1 Å². The molecule has 0 aromatic heterocycles. The first-order valence-corrected chi connectivity index (χ1v) is 12.2. The second-order valence-electron chi connectivity index (χ2n) is 9.40. The molecule has 1 heterocycles. The summed E-state index contributed by atoms with van der Waals surface area (Å²) in [6.45, 7) is 1.74. The van der Waals surface area contributed by atoms with E-state index >= 15 is 0 Å². The number of benzene rings is 3. The van der Waals surface area contributed by atoms with Crippen molar-refractivity contribution in [1.82, 2.24) is 0 Å². The van der Waals surface area contributed by atoms with Gasteiger partial charge in [0.05, 0.1) is 18.7 Å². The second kappa shape index (κ2) is 10.0. The molecule has 0 spiro atoms. The number of rotatable bonds is 5. The Morgan fingerprint density at radius 1 is 1.00 bits per heavy atom. The Balaban J connectivity index is 1.60. The van der Waals surface area contributed by atoms with Gasteiger partial charge in [0, 0.05) is 29.3 Å². The van der Waals surface area contributed by atoms with E-state index in [4.69, 9.17) is 9.73 Å². The normalized spacial score (nSPS) is 21.2. The number of fused-ring (bicyclic) bond motifs is 1. The number of carbonyl (C=O) groups is 2. The van der Waals surface area contributed by atoms with E-state index in [1.54, 1.807) is 31.2 Å². The number of allylic oxidation sites excluding steroid dienone is 1. The molecule has 6 nitrogen and oxygen atoms in total. The number of hydrogen-bond donors (Lipinski definition) is 2. The Labute approximate surface area is 214 Å². The van der Waals surface area contributed by atoms with Crippen molar-refractivity contribution in [3.05, 3.63) is 101 Å². The molecule has 5 rings (SSSR count). The number of methoxy groups -OCH3 is 1. The van der Waals surface area contributed by atoms with E-state index in [2.05, 4.69) is 5.32 Å². The maximum absolute atomic E-state index is 14.4. The number of aromatic hydroxyl groups is 1. The number of ether oxygens (including phenoxy) is 1. The molecule has 0 unspecified atom stereocenters. The number of nitrogens with zero attached hydrogens (tertiary/aromatic N) is 1. The number of para-hydroxylation sites is 1. The number of halogens is 1. The van der Waals surface area contributed by atoms with Crippen LogP contribution in [-0.4, -0.2) is 29.6 Å². The highest BCUT2D eigenvalue weighted by molar-refractivity contribution is 6.14. The molecule has 1 saturated carbocycles. The maximum atomic E-state index is 14.4. The van der Waals surface area contributed by atoms with Gasteiger partial charge in [-0.3, -0.25) is 14.6 Å². The van der Waals surface area contributed by atoms with Crippen LogP contribution in [0.15, 0.2) is 89.1 Å². The molecule has 0 radical (unpaired) electrons. The van der Waals surface area contributed by atoms with Gasteiger partial charge in [-0.15, -0.1) is 0 Å². The van der Waals surface area contributed by atoms with Crippen molar-refractivity contribution in [3.63, 3.8) is 0 Å². The summed E-state index contributed by atoms with van der Waals surface area (Å²) >= 11 is 0. The van der Waals surface area contributed by atoms with E-state index in [-0.39, 0.29) is 34.5 Å². The molecule has 0 bridgehead atoms. The zero-order valence-corrected chi connectivity index (χ0v) is 20.6. The molecule has 0 saturated heterocycles. The van der Waals surface area contributed by atoms with Crippen molar-refractivity contribution in [2.75, 3.05) is 12.4 Å². The average molecular weight is 499 g/mol. The first kappa shape index (κ1) is 24.4. The topological polar surface area (TPSA) is 88.0 Å². The molecule has 7 heteroatoms. The van der Waals surface area contributed by atoms with Crippen LogP contribution in [0.5, 0.6) is 11.5 Å². The van der Waals surface area contributed by atoms with E-state index in [1.807, 2.05) is 30.3 Å². The first-order chi connectivity index (χ1) is 17.9. The van der Waals surface area contributed by atoms with E-state index in [0.29, 0.717) is 24.1 Å². The number of phenolic OH excluding ortho intramolecular Hbond substituents is 1. The fourth-order valence-corrected chi connectivity index (χ4v) is 5.43. The molecule has 1 amide bonds. The van der Waals surface area contributed by atoms with Crippen LogP contribution >= 0.6 is 0 Å². The molecule has 1 aliphatic carbocycles. The summed E-state index contributed by atoms with van der Waals surface area (Å²) in [5.74, 6) is -2.24. The van der Waals surface area contributed by atoms with Gasteiger partial charge in [0.1, 0.15) is 11.6 Å². The molecule has 2 aliphatic rings. The molecule has 3 aromatic rings. The zero-order chi connectivity index (χ0) is 26.1. The number of anilines is 1. The summed E-state index contributed by atoms with van der Waals surface area (Å²) in [5, 5.41) is 12.8. The Morgan fingerprint density at radius 2 is 1.73 bits per heavy atom. The lowest BCUT2D eigenvalue weighted by atomic mass is 9.66. The second-order valence-corrected chi connectivity index (χ2v) is 9.40. The van der Waals surface area contributed by atoms with E-state index in [9.17, 15) is 19.1 Å². The number of nitrogens with one attached hydrogen (secondary N) is 1. The van der Waals surface area contributed by atoms with Crippen LogP contribution in [0, 0.1) is 11.7 Å². The van der Waals surface area contributed by atoms with Crippen LogP contribution in [0.1, 0.15) is 42.7 Å². The maximum Gasteiger partial charge on any atom is 0.254 e. The standard InChI is InChI=1S/C30H27FN2O4/c1-17-27(30(36)33-22-11-7-6-10-21(22)31)28(19-12-13-24(34)26(16-19)37-2)29-23(32-17)14-20(15-25(29)35)18-8-4-3-5-9-18/h3-13,16,20,28-29,34H,14-15H2,1-2H3,(H,33,36)/t20-,28+,29-/m0/s1. The van der Waals surface area contributed by atoms with Crippen molar-refractivity contribution < 1.29 is 23.8 Å². The smallest absolute Gasteiger partial charge is 0.254 e. The number of Topliss-reactive ketones (excluding diaryl/α,β-unsaturated/α-hetero) is 1. The van der Waals surface area contributed by atoms with Gasteiger partial charge in [-0.25, -0.2) is 4.39 Å². The summed E-state index contributed by atoms with van der Waals surface area (Å²) in [6.07, 6.45) is 0.909. The lowest BCUT2D eigenvalue weighted by Crippen LogP contribution is -2.41. The van der Waals surface area contributed by atoms with Crippen LogP contribution in [0.2, 0.25) is 0 Å². The van der Waals surface area contributed by atoms with E-state index in [1.165, 1.54) is 25.3 Å². The zero-order valence-electron chi connectivity index (χ0n) is 20.6. The van der Waals surface area contributed by atoms with Crippen molar-refractivity contribution in [2.45, 2.75) is 31.6 Å². The summed E-state index contributed by atoms with van der Waals surface area (Å²) in [7, 11) is 1.44. The quantitative estimate of drug-likeness (QED) is 0.469. The van der Waals surface area contributed by atoms with Gasteiger partial charge in [-0.2, -0.15) is 0 Å². The van der Waals surface area contributed by atoms with Crippen molar-refractivity contribution in [2.24, 2.45) is 10.9 Å². The molecule has 3 aromatic carbocycles. The fourth-order valence-electron chi connectivity index (χ4n) is 5.43. The Kier molecular flexibility index (Phi) is 6.61. The lowest BCUT2D eigenvalue weighted by Gasteiger charge is -2.38. The van der Waals surface area contributed by atoms with E-state index < -0.39 is 23.6 Å². The van der Waals surface area contributed by atoms with E-state index in [0.717, 1.165) is 11.3 Å². The van der Waals surface area contributed by atoms with Gasteiger partial charge < -0.3 is 15.2 Å². The van der Waals surface area contributed by atoms with Gasteiger partial charge in [-0.05, 0) is 54.7 Å². The van der Waals surface area contributed by atoms with Crippen molar-refractivity contribution >= 4 is 23.1 Å². The number of amides is 1. The van der Waals surface area contributed by atoms with Crippen LogP contribution in [0.4, 0.5) is 10.1 Å². The number of aliphatic imine (C=N–C) groups is 1.